The van der Waals surface area contributed by atoms with E-state index in [4.69, 9.17) is 0 Å². The first-order valence-electron chi connectivity index (χ1n) is 7.69. The van der Waals surface area contributed by atoms with Gasteiger partial charge < -0.3 is 4.90 Å². The number of amides is 1. The van der Waals surface area contributed by atoms with Crippen LogP contribution in [0.1, 0.15) is 4.88 Å². The molecule has 0 aromatic carbocycles. The van der Waals surface area contributed by atoms with Crippen molar-refractivity contribution in [2.75, 3.05) is 45.8 Å². The molecule has 120 valence electrons. The highest BCUT2D eigenvalue weighted by molar-refractivity contribution is 7.09. The molecule has 5 heteroatoms. The summed E-state index contributed by atoms with van der Waals surface area (Å²) in [5.74, 6) is 0.208. The molecule has 0 spiro atoms. The molecule has 1 aromatic heterocycles. The fraction of sp³-hybridized carbons (Fsp3) is 0.471. The molecule has 0 saturated carbocycles. The van der Waals surface area contributed by atoms with Crippen molar-refractivity contribution in [2.45, 2.75) is 6.54 Å². The van der Waals surface area contributed by atoms with E-state index in [-0.39, 0.29) is 5.91 Å². The van der Waals surface area contributed by atoms with Crippen molar-refractivity contribution in [3.63, 3.8) is 0 Å². The molecular formula is C17H25N3OS. The van der Waals surface area contributed by atoms with E-state index < -0.39 is 0 Å². The summed E-state index contributed by atoms with van der Waals surface area (Å²) in [7, 11) is 0. The molecule has 1 saturated heterocycles. The Morgan fingerprint density at radius 2 is 1.91 bits per heavy atom. The summed E-state index contributed by atoms with van der Waals surface area (Å²) in [6, 6.07) is 4.26. The number of nitrogens with zero attached hydrogens (tertiary/aromatic N) is 3. The lowest BCUT2D eigenvalue weighted by atomic mass is 10.3. The second-order valence-corrected chi connectivity index (χ2v) is 6.54. The van der Waals surface area contributed by atoms with Gasteiger partial charge in [0.25, 0.3) is 0 Å². The van der Waals surface area contributed by atoms with Crippen LogP contribution in [-0.4, -0.2) is 66.4 Å². The van der Waals surface area contributed by atoms with Gasteiger partial charge in [-0.1, -0.05) is 18.2 Å². The predicted molar refractivity (Wildman–Crippen MR) is 93.0 cm³/mol. The fourth-order valence-electron chi connectivity index (χ4n) is 2.64. The summed E-state index contributed by atoms with van der Waals surface area (Å²) in [5.41, 5.74) is 0. The quantitative estimate of drug-likeness (QED) is 0.686. The van der Waals surface area contributed by atoms with Gasteiger partial charge in [-0.3, -0.25) is 14.6 Å². The van der Waals surface area contributed by atoms with Crippen LogP contribution in [0.5, 0.6) is 0 Å². The van der Waals surface area contributed by atoms with Crippen LogP contribution in [0.15, 0.2) is 42.8 Å². The minimum atomic E-state index is 0.208. The van der Waals surface area contributed by atoms with Gasteiger partial charge in [0.05, 0.1) is 6.54 Å². The third-order valence-electron chi connectivity index (χ3n) is 3.82. The summed E-state index contributed by atoms with van der Waals surface area (Å²) in [6.07, 6.45) is 3.66. The van der Waals surface area contributed by atoms with Crippen LogP contribution in [0.4, 0.5) is 0 Å². The second kappa shape index (κ2) is 8.88. The smallest absolute Gasteiger partial charge is 0.236 e. The van der Waals surface area contributed by atoms with E-state index in [1.165, 1.54) is 4.88 Å². The third-order valence-corrected chi connectivity index (χ3v) is 4.68. The van der Waals surface area contributed by atoms with Gasteiger partial charge in [0, 0.05) is 50.7 Å². The van der Waals surface area contributed by atoms with Gasteiger partial charge in [-0.15, -0.1) is 24.5 Å². The van der Waals surface area contributed by atoms with Crippen molar-refractivity contribution >= 4 is 17.2 Å². The molecule has 0 radical (unpaired) electrons. The zero-order valence-electron chi connectivity index (χ0n) is 13.1. The lowest BCUT2D eigenvalue weighted by molar-refractivity contribution is -0.134. The van der Waals surface area contributed by atoms with Crippen molar-refractivity contribution in [3.8, 4) is 0 Å². The van der Waals surface area contributed by atoms with Gasteiger partial charge in [0.2, 0.25) is 5.91 Å². The molecular weight excluding hydrogens is 294 g/mol. The molecule has 1 amide bonds. The summed E-state index contributed by atoms with van der Waals surface area (Å²) in [5, 5.41) is 2.11. The highest BCUT2D eigenvalue weighted by Crippen LogP contribution is 2.13. The Balaban J connectivity index is 1.76. The Hall–Kier alpha value is -1.43. The Morgan fingerprint density at radius 1 is 1.23 bits per heavy atom. The summed E-state index contributed by atoms with van der Waals surface area (Å²) in [6.45, 7) is 13.9. The second-order valence-electron chi connectivity index (χ2n) is 5.51. The molecule has 0 N–H and O–H groups in total. The first-order chi connectivity index (χ1) is 10.7. The lowest BCUT2D eigenvalue weighted by Gasteiger charge is -2.35. The van der Waals surface area contributed by atoms with Crippen LogP contribution in [-0.2, 0) is 11.3 Å². The number of piperazine rings is 1. The predicted octanol–water partition coefficient (Wildman–Crippen LogP) is 2.07. The van der Waals surface area contributed by atoms with E-state index in [0.29, 0.717) is 6.54 Å². The van der Waals surface area contributed by atoms with E-state index in [2.05, 4.69) is 40.5 Å². The number of rotatable bonds is 8. The van der Waals surface area contributed by atoms with Crippen molar-refractivity contribution in [1.82, 2.24) is 14.7 Å². The van der Waals surface area contributed by atoms with Crippen molar-refractivity contribution in [2.24, 2.45) is 0 Å². The molecule has 0 unspecified atom stereocenters. The molecule has 4 nitrogen and oxygen atoms in total. The van der Waals surface area contributed by atoms with Crippen LogP contribution < -0.4 is 0 Å². The Bertz CT molecular complexity index is 468. The molecule has 1 aliphatic heterocycles. The third kappa shape index (κ3) is 5.09. The fourth-order valence-corrected chi connectivity index (χ4v) is 3.38. The first-order valence-corrected chi connectivity index (χ1v) is 8.57. The van der Waals surface area contributed by atoms with Gasteiger partial charge in [-0.2, -0.15) is 0 Å². The monoisotopic (exact) mass is 319 g/mol. The minimum absolute atomic E-state index is 0.208. The average Bonchev–Trinajstić information content (AvgIpc) is 3.01. The van der Waals surface area contributed by atoms with Crippen LogP contribution >= 0.6 is 11.3 Å². The number of hydrogen-bond donors (Lipinski definition) is 0. The zero-order chi connectivity index (χ0) is 15.8. The standard InChI is InChI=1S/C17H25N3OS/c1-3-7-18(8-4-2)15-17(21)20-11-9-19(10-12-20)14-16-6-5-13-22-16/h3-6,13H,1-2,7-12,14-15H2. The van der Waals surface area contributed by atoms with Crippen LogP contribution in [0.2, 0.25) is 0 Å². The van der Waals surface area contributed by atoms with E-state index in [1.807, 2.05) is 17.1 Å². The highest BCUT2D eigenvalue weighted by atomic mass is 32.1. The zero-order valence-corrected chi connectivity index (χ0v) is 13.9. The highest BCUT2D eigenvalue weighted by Gasteiger charge is 2.22. The molecule has 0 bridgehead atoms. The maximum absolute atomic E-state index is 12.4. The van der Waals surface area contributed by atoms with Gasteiger partial charge in [0.1, 0.15) is 0 Å². The normalized spacial score (nSPS) is 16.0. The molecule has 0 aliphatic carbocycles. The lowest BCUT2D eigenvalue weighted by Crippen LogP contribution is -2.50. The topological polar surface area (TPSA) is 26.8 Å². The Labute approximate surface area is 137 Å². The molecule has 22 heavy (non-hydrogen) atoms. The maximum Gasteiger partial charge on any atom is 0.236 e. The van der Waals surface area contributed by atoms with E-state index in [9.17, 15) is 4.79 Å². The minimum Gasteiger partial charge on any atom is -0.339 e. The van der Waals surface area contributed by atoms with Crippen molar-refractivity contribution in [3.05, 3.63) is 47.7 Å². The van der Waals surface area contributed by atoms with Gasteiger partial charge in [-0.05, 0) is 11.4 Å². The molecule has 1 aromatic rings. The molecule has 0 atom stereocenters. The van der Waals surface area contributed by atoms with Gasteiger partial charge in [0.15, 0.2) is 0 Å². The van der Waals surface area contributed by atoms with Crippen LogP contribution in [0, 0.1) is 0 Å². The molecule has 1 fully saturated rings. The average molecular weight is 319 g/mol. The van der Waals surface area contributed by atoms with E-state index >= 15 is 0 Å². The molecule has 2 heterocycles. The summed E-state index contributed by atoms with van der Waals surface area (Å²) < 4.78 is 0. The van der Waals surface area contributed by atoms with Crippen molar-refractivity contribution in [1.29, 1.82) is 0 Å². The molecule has 1 aliphatic rings. The van der Waals surface area contributed by atoms with Gasteiger partial charge in [-0.25, -0.2) is 0 Å². The summed E-state index contributed by atoms with van der Waals surface area (Å²) in [4.78, 5) is 20.2. The number of hydrogen-bond acceptors (Lipinski definition) is 4. The largest absolute Gasteiger partial charge is 0.339 e. The van der Waals surface area contributed by atoms with E-state index in [1.54, 1.807) is 11.3 Å². The Morgan fingerprint density at radius 3 is 2.45 bits per heavy atom. The number of carbonyl (C=O) groups is 1. The first kappa shape index (κ1) is 16.9. The van der Waals surface area contributed by atoms with E-state index in [0.717, 1.165) is 45.8 Å². The maximum atomic E-state index is 12.4. The summed E-state index contributed by atoms with van der Waals surface area (Å²) >= 11 is 1.80. The van der Waals surface area contributed by atoms with Crippen molar-refractivity contribution < 1.29 is 4.79 Å². The number of carbonyl (C=O) groups excluding carboxylic acids is 1. The Kier molecular flexibility index (Phi) is 6.83. The van der Waals surface area contributed by atoms with Crippen LogP contribution in [0.25, 0.3) is 0 Å². The molecule has 2 rings (SSSR count). The van der Waals surface area contributed by atoms with Crippen LogP contribution in [0.3, 0.4) is 0 Å². The van der Waals surface area contributed by atoms with Gasteiger partial charge >= 0.3 is 0 Å². The number of thiophene rings is 1. The SMILES string of the molecule is C=CCN(CC=C)CC(=O)N1CCN(Cc2cccs2)CC1.